The van der Waals surface area contributed by atoms with Crippen LogP contribution in [-0.4, -0.2) is 17.0 Å². The summed E-state index contributed by atoms with van der Waals surface area (Å²) < 4.78 is 5.44. The minimum Gasteiger partial charge on any atom is -0.455 e. The summed E-state index contributed by atoms with van der Waals surface area (Å²) in [6.45, 7) is 10.8. The van der Waals surface area contributed by atoms with Crippen LogP contribution in [0.4, 0.5) is 5.69 Å². The lowest BCUT2D eigenvalue weighted by atomic mass is 9.63. The number of carbonyl (C=O) groups excluding carboxylic acids is 1. The summed E-state index contributed by atoms with van der Waals surface area (Å²) in [5, 5.41) is 10.7. The fourth-order valence-corrected chi connectivity index (χ4v) is 3.35. The topological polar surface area (TPSA) is 69.4 Å². The summed E-state index contributed by atoms with van der Waals surface area (Å²) in [6.07, 6.45) is 7.06. The van der Waals surface area contributed by atoms with Crippen molar-refractivity contribution in [2.75, 3.05) is 0 Å². The number of benzene rings is 1. The van der Waals surface area contributed by atoms with E-state index in [1.807, 2.05) is 13.0 Å². The van der Waals surface area contributed by atoms with Gasteiger partial charge >= 0.3 is 5.97 Å². The van der Waals surface area contributed by atoms with Gasteiger partial charge in [-0.2, -0.15) is 0 Å². The van der Waals surface area contributed by atoms with Crippen molar-refractivity contribution >= 4 is 11.7 Å². The van der Waals surface area contributed by atoms with Gasteiger partial charge in [-0.15, -0.1) is 0 Å². The van der Waals surface area contributed by atoms with Gasteiger partial charge in [0.15, 0.2) is 0 Å². The molecule has 140 valence electrons. The van der Waals surface area contributed by atoms with E-state index in [0.29, 0.717) is 17.4 Å². The Labute approximate surface area is 154 Å². The van der Waals surface area contributed by atoms with Gasteiger partial charge < -0.3 is 4.74 Å². The molecule has 3 atom stereocenters. The van der Waals surface area contributed by atoms with E-state index in [4.69, 9.17) is 4.74 Å². The highest BCUT2D eigenvalue weighted by Gasteiger charge is 2.36. The Hall–Kier alpha value is -2.43. The zero-order valence-electron chi connectivity index (χ0n) is 16.1. The second-order valence-corrected chi connectivity index (χ2v) is 7.68. The summed E-state index contributed by atoms with van der Waals surface area (Å²) in [6, 6.07) is 5.43. The largest absolute Gasteiger partial charge is 0.455 e. The Morgan fingerprint density at radius 1 is 1.35 bits per heavy atom. The molecule has 1 aliphatic rings. The van der Waals surface area contributed by atoms with E-state index >= 15 is 0 Å². The predicted octanol–water partition coefficient (Wildman–Crippen LogP) is 5.32. The first kappa shape index (κ1) is 19.9. The second kappa shape index (κ2) is 7.85. The number of rotatable bonds is 5. The third kappa shape index (κ3) is 4.40. The van der Waals surface area contributed by atoms with Crippen LogP contribution < -0.4 is 0 Å². The van der Waals surface area contributed by atoms with Crippen LogP contribution in [-0.2, 0) is 4.74 Å². The smallest absolute Gasteiger partial charge is 0.338 e. The average molecular weight is 357 g/mol. The van der Waals surface area contributed by atoms with Crippen molar-refractivity contribution in [3.63, 3.8) is 0 Å². The monoisotopic (exact) mass is 357 g/mol. The molecule has 26 heavy (non-hydrogen) atoms. The van der Waals surface area contributed by atoms with Crippen molar-refractivity contribution in [3.05, 3.63) is 63.7 Å². The van der Waals surface area contributed by atoms with Gasteiger partial charge in [0.25, 0.3) is 5.69 Å². The van der Waals surface area contributed by atoms with Crippen molar-refractivity contribution < 1.29 is 14.5 Å². The Kier molecular flexibility index (Phi) is 6.01. The van der Waals surface area contributed by atoms with Gasteiger partial charge in [-0.25, -0.2) is 4.79 Å². The molecule has 0 fully saturated rings. The SMILES string of the molecule is CC1=CC[C@H](C)C(C)(C)[C@@H]1/C=C/[C@@H](C)OC(=O)c1ccc([N+](=O)[O-])cc1. The number of hydrogen-bond donors (Lipinski definition) is 0. The maximum atomic E-state index is 12.2. The van der Waals surface area contributed by atoms with Gasteiger partial charge in [0.1, 0.15) is 6.10 Å². The molecule has 0 saturated heterocycles. The molecule has 0 unspecified atom stereocenters. The predicted molar refractivity (Wildman–Crippen MR) is 102 cm³/mol. The molecule has 5 heteroatoms. The number of hydrogen-bond acceptors (Lipinski definition) is 4. The number of nitro benzene ring substituents is 1. The van der Waals surface area contributed by atoms with Crippen molar-refractivity contribution in [1.29, 1.82) is 0 Å². The van der Waals surface area contributed by atoms with E-state index in [2.05, 4.69) is 39.8 Å². The van der Waals surface area contributed by atoms with Crippen LogP contribution in [0.1, 0.15) is 51.4 Å². The third-order valence-electron chi connectivity index (χ3n) is 5.54. The minimum absolute atomic E-state index is 0.0505. The van der Waals surface area contributed by atoms with Crippen LogP contribution in [0.25, 0.3) is 0 Å². The highest BCUT2D eigenvalue weighted by Crippen LogP contribution is 2.45. The van der Waals surface area contributed by atoms with Crippen molar-refractivity contribution in [3.8, 4) is 0 Å². The number of non-ortho nitro benzene ring substituents is 1. The van der Waals surface area contributed by atoms with Gasteiger partial charge in [-0.1, -0.05) is 38.5 Å². The zero-order chi connectivity index (χ0) is 19.5. The lowest BCUT2D eigenvalue weighted by molar-refractivity contribution is -0.384. The number of carbonyl (C=O) groups is 1. The highest BCUT2D eigenvalue weighted by atomic mass is 16.6. The van der Waals surface area contributed by atoms with Crippen LogP contribution in [0.3, 0.4) is 0 Å². The number of nitro groups is 1. The summed E-state index contributed by atoms with van der Waals surface area (Å²) >= 11 is 0. The normalized spacial score (nSPS) is 23.3. The van der Waals surface area contributed by atoms with Crippen molar-refractivity contribution in [1.82, 2.24) is 0 Å². The molecule has 1 aromatic carbocycles. The second-order valence-electron chi connectivity index (χ2n) is 7.68. The summed E-state index contributed by atoms with van der Waals surface area (Å²) in [5.74, 6) is 0.408. The minimum atomic E-state index is -0.497. The maximum Gasteiger partial charge on any atom is 0.338 e. The van der Waals surface area contributed by atoms with Gasteiger partial charge in [0.2, 0.25) is 0 Å². The van der Waals surface area contributed by atoms with Crippen LogP contribution in [0.2, 0.25) is 0 Å². The lowest BCUT2D eigenvalue weighted by Gasteiger charge is -2.42. The molecule has 1 aromatic rings. The molecule has 0 spiro atoms. The molecule has 0 aromatic heterocycles. The molecule has 0 radical (unpaired) electrons. The highest BCUT2D eigenvalue weighted by molar-refractivity contribution is 5.89. The van der Waals surface area contributed by atoms with Crippen LogP contribution >= 0.6 is 0 Å². The van der Waals surface area contributed by atoms with Crippen LogP contribution in [0, 0.1) is 27.4 Å². The molecule has 1 aliphatic carbocycles. The molecule has 0 bridgehead atoms. The van der Waals surface area contributed by atoms with Crippen molar-refractivity contribution in [2.24, 2.45) is 17.3 Å². The quantitative estimate of drug-likeness (QED) is 0.309. The molecular formula is C21H27NO4. The zero-order valence-corrected chi connectivity index (χ0v) is 16.1. The molecule has 0 amide bonds. The number of allylic oxidation sites excluding steroid dienone is 3. The molecular weight excluding hydrogens is 330 g/mol. The summed E-state index contributed by atoms with van der Waals surface area (Å²) in [4.78, 5) is 22.4. The van der Waals surface area contributed by atoms with E-state index < -0.39 is 10.9 Å². The van der Waals surface area contributed by atoms with Gasteiger partial charge in [-0.05, 0) is 49.8 Å². The molecule has 0 N–H and O–H groups in total. The molecule has 2 rings (SSSR count). The first-order valence-electron chi connectivity index (χ1n) is 8.93. The average Bonchev–Trinajstić information content (AvgIpc) is 2.58. The first-order chi connectivity index (χ1) is 12.1. The van der Waals surface area contributed by atoms with E-state index in [-0.39, 0.29) is 17.2 Å². The fraction of sp³-hybridized carbons (Fsp3) is 0.476. The van der Waals surface area contributed by atoms with Crippen LogP contribution in [0.5, 0.6) is 0 Å². The van der Waals surface area contributed by atoms with Gasteiger partial charge in [-0.3, -0.25) is 10.1 Å². The Morgan fingerprint density at radius 2 is 1.96 bits per heavy atom. The first-order valence-corrected chi connectivity index (χ1v) is 8.93. The van der Waals surface area contributed by atoms with E-state index in [1.54, 1.807) is 0 Å². The Morgan fingerprint density at radius 3 is 2.54 bits per heavy atom. The van der Waals surface area contributed by atoms with E-state index in [0.717, 1.165) is 6.42 Å². The number of nitrogens with zero attached hydrogens (tertiary/aromatic N) is 1. The lowest BCUT2D eigenvalue weighted by Crippen LogP contribution is -2.33. The van der Waals surface area contributed by atoms with Gasteiger partial charge in [0.05, 0.1) is 10.5 Å². The molecule has 0 aliphatic heterocycles. The van der Waals surface area contributed by atoms with E-state index in [1.165, 1.54) is 29.8 Å². The maximum absolute atomic E-state index is 12.2. The number of esters is 1. The summed E-state index contributed by atoms with van der Waals surface area (Å²) in [5.41, 5.74) is 1.75. The fourth-order valence-electron chi connectivity index (χ4n) is 3.35. The van der Waals surface area contributed by atoms with Crippen LogP contribution in [0.15, 0.2) is 48.1 Å². The van der Waals surface area contributed by atoms with E-state index in [9.17, 15) is 14.9 Å². The standard InChI is InChI=1S/C21H27NO4/c1-14-6-7-15(2)21(4,5)19(14)13-8-16(3)26-20(23)17-9-11-18(12-10-17)22(24)25/h6,8-13,15-16,19H,7H2,1-5H3/b13-8+/t15-,16+,19+/m0/s1. The summed E-state index contributed by atoms with van der Waals surface area (Å²) in [7, 11) is 0. The molecule has 0 saturated carbocycles. The third-order valence-corrected chi connectivity index (χ3v) is 5.54. The van der Waals surface area contributed by atoms with Gasteiger partial charge in [0, 0.05) is 18.1 Å². The van der Waals surface area contributed by atoms with Crippen molar-refractivity contribution in [2.45, 2.75) is 47.1 Å². The number of ether oxygens (including phenoxy) is 1. The Balaban J connectivity index is 2.03. The Bertz CT molecular complexity index is 731. The molecule has 5 nitrogen and oxygen atoms in total. The molecule has 0 heterocycles.